The Morgan fingerprint density at radius 2 is 1.55 bits per heavy atom. The first-order chi connectivity index (χ1) is 18.2. The number of likely N-dealkylation sites (N-methyl/N-ethyl adjacent to an activating group) is 1. The molecule has 0 fully saturated rings. The van der Waals surface area contributed by atoms with E-state index in [1.54, 1.807) is 25.1 Å². The van der Waals surface area contributed by atoms with E-state index in [0.717, 1.165) is 9.87 Å². The standard InChI is InChI=1S/C28H31Cl2N3O4S/c1-3-25(28(35)31-4-2)32(18-17-21-11-7-5-8-12-21)27(34)20-33(26-19-22(29)15-16-24(26)30)38(36,37)23-13-9-6-10-14-23/h5-16,19,25H,3-4,17-18,20H2,1-2H3,(H,31,35)/t25-/m1/s1. The Kier molecular flexibility index (Phi) is 10.6. The lowest BCUT2D eigenvalue weighted by molar-refractivity contribution is -0.139. The molecule has 10 heteroatoms. The van der Waals surface area contributed by atoms with Gasteiger partial charge in [-0.05, 0) is 55.7 Å². The number of carbonyl (C=O) groups is 2. The van der Waals surface area contributed by atoms with E-state index in [1.165, 1.54) is 35.2 Å². The van der Waals surface area contributed by atoms with Crippen LogP contribution in [0.4, 0.5) is 5.69 Å². The lowest BCUT2D eigenvalue weighted by atomic mass is 10.1. The van der Waals surface area contributed by atoms with Crippen LogP contribution in [-0.4, -0.2) is 50.8 Å². The maximum Gasteiger partial charge on any atom is 0.264 e. The number of rotatable bonds is 12. The molecule has 0 saturated heterocycles. The van der Waals surface area contributed by atoms with E-state index in [9.17, 15) is 18.0 Å². The maximum absolute atomic E-state index is 13.9. The fraction of sp³-hybridized carbons (Fsp3) is 0.286. The Morgan fingerprint density at radius 3 is 2.16 bits per heavy atom. The third kappa shape index (κ3) is 7.28. The largest absolute Gasteiger partial charge is 0.355 e. The molecule has 0 heterocycles. The van der Waals surface area contributed by atoms with E-state index < -0.39 is 28.5 Å². The van der Waals surface area contributed by atoms with Crippen molar-refractivity contribution in [3.8, 4) is 0 Å². The van der Waals surface area contributed by atoms with Gasteiger partial charge in [0.25, 0.3) is 10.0 Å². The van der Waals surface area contributed by atoms with Gasteiger partial charge in [-0.1, -0.05) is 78.7 Å². The Morgan fingerprint density at radius 1 is 0.921 bits per heavy atom. The van der Waals surface area contributed by atoms with Crippen LogP contribution in [0.2, 0.25) is 10.0 Å². The van der Waals surface area contributed by atoms with Crippen LogP contribution in [-0.2, 0) is 26.0 Å². The molecule has 38 heavy (non-hydrogen) atoms. The number of hydrogen-bond donors (Lipinski definition) is 1. The first-order valence-electron chi connectivity index (χ1n) is 12.3. The fourth-order valence-electron chi connectivity index (χ4n) is 4.10. The van der Waals surface area contributed by atoms with Gasteiger partial charge in [0.05, 0.1) is 15.6 Å². The van der Waals surface area contributed by atoms with Crippen molar-refractivity contribution in [2.75, 3.05) is 23.9 Å². The maximum atomic E-state index is 13.9. The number of nitrogens with zero attached hydrogens (tertiary/aromatic N) is 2. The minimum absolute atomic E-state index is 0.00422. The van der Waals surface area contributed by atoms with Gasteiger partial charge >= 0.3 is 0 Å². The van der Waals surface area contributed by atoms with Crippen LogP contribution in [0, 0.1) is 0 Å². The van der Waals surface area contributed by atoms with Gasteiger partial charge in [-0.15, -0.1) is 0 Å². The topological polar surface area (TPSA) is 86.8 Å². The zero-order valence-corrected chi connectivity index (χ0v) is 23.6. The normalized spacial score (nSPS) is 12.0. The van der Waals surface area contributed by atoms with Gasteiger partial charge in [0, 0.05) is 18.1 Å². The van der Waals surface area contributed by atoms with Gasteiger partial charge in [0.15, 0.2) is 0 Å². The number of hydrogen-bond acceptors (Lipinski definition) is 4. The Labute approximate surface area is 234 Å². The van der Waals surface area contributed by atoms with Crippen molar-refractivity contribution in [2.45, 2.75) is 37.6 Å². The highest BCUT2D eigenvalue weighted by molar-refractivity contribution is 7.92. The van der Waals surface area contributed by atoms with Crippen LogP contribution in [0.1, 0.15) is 25.8 Å². The van der Waals surface area contributed by atoms with Crippen LogP contribution in [0.25, 0.3) is 0 Å². The van der Waals surface area contributed by atoms with Crippen molar-refractivity contribution in [3.05, 3.63) is 94.5 Å². The van der Waals surface area contributed by atoms with Crippen molar-refractivity contribution >= 4 is 50.7 Å². The molecule has 0 aliphatic heterocycles. The fourth-order valence-corrected chi connectivity index (χ4v) is 5.98. The summed E-state index contributed by atoms with van der Waals surface area (Å²) in [5, 5.41) is 3.17. The summed E-state index contributed by atoms with van der Waals surface area (Å²) < 4.78 is 28.5. The molecule has 0 bridgehead atoms. The van der Waals surface area contributed by atoms with Crippen LogP contribution in [0.15, 0.2) is 83.8 Å². The number of sulfonamides is 1. The minimum Gasteiger partial charge on any atom is -0.355 e. The number of nitrogens with one attached hydrogen (secondary N) is 1. The first-order valence-corrected chi connectivity index (χ1v) is 14.5. The molecule has 0 spiro atoms. The molecule has 3 aromatic carbocycles. The number of benzene rings is 3. The van der Waals surface area contributed by atoms with Crippen LogP contribution in [0.3, 0.4) is 0 Å². The van der Waals surface area contributed by atoms with Gasteiger partial charge in [-0.3, -0.25) is 13.9 Å². The Hall–Kier alpha value is -3.07. The number of carbonyl (C=O) groups excluding carboxylic acids is 2. The summed E-state index contributed by atoms with van der Waals surface area (Å²) in [4.78, 5) is 28.3. The average molecular weight is 577 g/mol. The Balaban J connectivity index is 2.03. The molecule has 1 atom stereocenters. The summed E-state index contributed by atoms with van der Waals surface area (Å²) in [6.45, 7) is 3.68. The van der Waals surface area contributed by atoms with Crippen molar-refractivity contribution in [1.29, 1.82) is 0 Å². The third-order valence-electron chi connectivity index (χ3n) is 6.01. The van der Waals surface area contributed by atoms with Gasteiger partial charge in [-0.25, -0.2) is 8.42 Å². The van der Waals surface area contributed by atoms with E-state index in [1.807, 2.05) is 37.3 Å². The minimum atomic E-state index is -4.21. The summed E-state index contributed by atoms with van der Waals surface area (Å²) >= 11 is 12.6. The van der Waals surface area contributed by atoms with Crippen LogP contribution in [0.5, 0.6) is 0 Å². The summed E-state index contributed by atoms with van der Waals surface area (Å²) in [7, 11) is -4.21. The molecule has 202 valence electrons. The van der Waals surface area contributed by atoms with E-state index in [-0.39, 0.29) is 33.1 Å². The summed E-state index contributed by atoms with van der Waals surface area (Å²) in [5.74, 6) is -0.829. The molecule has 0 radical (unpaired) electrons. The predicted octanol–water partition coefficient (Wildman–Crippen LogP) is 5.17. The van der Waals surface area contributed by atoms with Gasteiger partial charge in [0.2, 0.25) is 11.8 Å². The van der Waals surface area contributed by atoms with Crippen LogP contribution >= 0.6 is 23.2 Å². The van der Waals surface area contributed by atoms with E-state index in [0.29, 0.717) is 19.4 Å². The smallest absolute Gasteiger partial charge is 0.264 e. The molecule has 0 saturated carbocycles. The van der Waals surface area contributed by atoms with E-state index in [4.69, 9.17) is 23.2 Å². The quantitative estimate of drug-likeness (QED) is 0.322. The highest BCUT2D eigenvalue weighted by Gasteiger charge is 2.34. The van der Waals surface area contributed by atoms with Gasteiger partial charge < -0.3 is 10.2 Å². The second-order valence-corrected chi connectivity index (χ2v) is 11.3. The lowest BCUT2D eigenvalue weighted by Gasteiger charge is -2.33. The lowest BCUT2D eigenvalue weighted by Crippen LogP contribution is -2.53. The van der Waals surface area contributed by atoms with E-state index >= 15 is 0 Å². The molecule has 0 aromatic heterocycles. The monoisotopic (exact) mass is 575 g/mol. The zero-order chi connectivity index (χ0) is 27.7. The molecule has 1 N–H and O–H groups in total. The molecule has 0 unspecified atom stereocenters. The summed E-state index contributed by atoms with van der Waals surface area (Å²) in [6, 6.07) is 21.0. The van der Waals surface area contributed by atoms with Crippen LogP contribution < -0.4 is 9.62 Å². The molecule has 0 aliphatic carbocycles. The number of halogens is 2. The average Bonchev–Trinajstić information content (AvgIpc) is 2.92. The van der Waals surface area contributed by atoms with Gasteiger partial charge in [0.1, 0.15) is 12.6 Å². The molecular weight excluding hydrogens is 545 g/mol. The highest BCUT2D eigenvalue weighted by Crippen LogP contribution is 2.33. The Bertz CT molecular complexity index is 1340. The number of anilines is 1. The molecule has 7 nitrogen and oxygen atoms in total. The molecule has 3 rings (SSSR count). The number of amides is 2. The van der Waals surface area contributed by atoms with Crippen molar-refractivity contribution in [2.24, 2.45) is 0 Å². The summed E-state index contributed by atoms with van der Waals surface area (Å²) in [6.07, 6.45) is 0.849. The van der Waals surface area contributed by atoms with Crippen molar-refractivity contribution in [3.63, 3.8) is 0 Å². The van der Waals surface area contributed by atoms with Gasteiger partial charge in [-0.2, -0.15) is 0 Å². The predicted molar refractivity (Wildman–Crippen MR) is 152 cm³/mol. The van der Waals surface area contributed by atoms with Crippen molar-refractivity contribution < 1.29 is 18.0 Å². The summed E-state index contributed by atoms with van der Waals surface area (Å²) in [5.41, 5.74) is 1.06. The zero-order valence-electron chi connectivity index (χ0n) is 21.3. The molecule has 0 aliphatic rings. The molecular formula is C28H31Cl2N3O4S. The molecule has 3 aromatic rings. The third-order valence-corrected chi connectivity index (χ3v) is 8.34. The van der Waals surface area contributed by atoms with E-state index in [2.05, 4.69) is 5.32 Å². The second kappa shape index (κ2) is 13.6. The highest BCUT2D eigenvalue weighted by atomic mass is 35.5. The SMILES string of the molecule is CCNC(=O)[C@@H](CC)N(CCc1ccccc1)C(=O)CN(c1cc(Cl)ccc1Cl)S(=O)(=O)c1ccccc1. The second-order valence-electron chi connectivity index (χ2n) is 8.56. The first kappa shape index (κ1) is 29.5. The van der Waals surface area contributed by atoms with Crippen molar-refractivity contribution in [1.82, 2.24) is 10.2 Å². The molecule has 2 amide bonds.